The van der Waals surface area contributed by atoms with Gasteiger partial charge in [0, 0.05) is 0 Å². The molecule has 0 amide bonds. The lowest BCUT2D eigenvalue weighted by atomic mass is 10.0. The van der Waals surface area contributed by atoms with Crippen LogP contribution in [0.25, 0.3) is 11.6 Å². The molecule has 0 aromatic heterocycles. The van der Waals surface area contributed by atoms with Crippen molar-refractivity contribution in [3.8, 4) is 0 Å². The average Bonchev–Trinajstić information content (AvgIpc) is 3.13. The number of hydrogen-bond donors (Lipinski definition) is 0. The molecule has 0 heterocycles. The van der Waals surface area contributed by atoms with Gasteiger partial charge in [-0.3, -0.25) is 0 Å². The zero-order valence-corrected chi connectivity index (χ0v) is 13.5. The van der Waals surface area contributed by atoms with Crippen molar-refractivity contribution in [2.75, 3.05) is 0 Å². The Morgan fingerprint density at radius 3 is 2.25 bits per heavy atom. The van der Waals surface area contributed by atoms with Crippen LogP contribution in [0.3, 0.4) is 0 Å². The van der Waals surface area contributed by atoms with Gasteiger partial charge in [0.05, 0.1) is 0 Å². The van der Waals surface area contributed by atoms with E-state index in [4.69, 9.17) is 0 Å². The van der Waals surface area contributed by atoms with E-state index in [-0.39, 0.29) is 0 Å². The van der Waals surface area contributed by atoms with Gasteiger partial charge in [-0.2, -0.15) is 0 Å². The first-order valence-electron chi connectivity index (χ1n) is 7.17. The summed E-state index contributed by atoms with van der Waals surface area (Å²) in [6.07, 6.45) is 7.41. The molecule has 1 aromatic rings. The van der Waals surface area contributed by atoms with Crippen LogP contribution in [0.1, 0.15) is 52.2 Å². The van der Waals surface area contributed by atoms with E-state index in [1.807, 2.05) is 6.92 Å². The minimum Gasteiger partial charge on any atom is -0.103 e. The molecule has 0 radical (unpaired) electrons. The summed E-state index contributed by atoms with van der Waals surface area (Å²) in [5.74, 6) is 0. The molecule has 1 aliphatic carbocycles. The lowest BCUT2D eigenvalue weighted by molar-refractivity contribution is 1.36. The highest BCUT2D eigenvalue weighted by atomic mass is 14.2. The second-order valence-corrected chi connectivity index (χ2v) is 5.47. The van der Waals surface area contributed by atoms with Crippen LogP contribution < -0.4 is 0 Å². The molecule has 106 valence electrons. The van der Waals surface area contributed by atoms with Crippen LogP contribution in [0.5, 0.6) is 0 Å². The van der Waals surface area contributed by atoms with E-state index in [1.54, 1.807) is 6.08 Å². The predicted octanol–water partition coefficient (Wildman–Crippen LogP) is 6.43. The van der Waals surface area contributed by atoms with E-state index in [0.29, 0.717) is 0 Å². The molecule has 0 spiro atoms. The second kappa shape index (κ2) is 7.69. The highest BCUT2D eigenvalue weighted by Gasteiger charge is 2.11. The Morgan fingerprint density at radius 1 is 1.15 bits per heavy atom. The Labute approximate surface area is 124 Å². The van der Waals surface area contributed by atoms with E-state index in [1.165, 1.54) is 39.8 Å². The molecule has 0 fully saturated rings. The van der Waals surface area contributed by atoms with Gasteiger partial charge in [0.15, 0.2) is 0 Å². The number of allylic oxidation sites excluding steroid dienone is 6. The molecular weight excluding hydrogens is 240 g/mol. The molecule has 2 rings (SSSR count). The van der Waals surface area contributed by atoms with Crippen LogP contribution in [0.2, 0.25) is 0 Å². The first kappa shape index (κ1) is 16.2. The van der Waals surface area contributed by atoms with Gasteiger partial charge in [-0.25, -0.2) is 0 Å². The largest absolute Gasteiger partial charge is 0.103 e. The van der Waals surface area contributed by atoms with Crippen molar-refractivity contribution >= 4 is 11.6 Å². The SMILES string of the molecule is C=CC.CC(C)=C(C)c1cccc(/C=C\C2=C(C)C2)c1. The summed E-state index contributed by atoms with van der Waals surface area (Å²) < 4.78 is 0. The highest BCUT2D eigenvalue weighted by molar-refractivity contribution is 5.69. The smallest absolute Gasteiger partial charge is 0.00644 e. The van der Waals surface area contributed by atoms with Crippen molar-refractivity contribution in [2.45, 2.75) is 41.0 Å². The third-order valence-electron chi connectivity index (χ3n) is 3.43. The van der Waals surface area contributed by atoms with Crippen LogP contribution in [-0.2, 0) is 0 Å². The molecule has 0 aliphatic heterocycles. The highest BCUT2D eigenvalue weighted by Crippen LogP contribution is 2.31. The Morgan fingerprint density at radius 2 is 1.75 bits per heavy atom. The number of benzene rings is 1. The molecule has 0 saturated heterocycles. The molecule has 20 heavy (non-hydrogen) atoms. The molecule has 0 unspecified atom stereocenters. The van der Waals surface area contributed by atoms with Gasteiger partial charge in [0.25, 0.3) is 0 Å². The third kappa shape index (κ3) is 5.05. The van der Waals surface area contributed by atoms with E-state index in [2.05, 4.69) is 70.7 Å². The molecule has 1 aromatic carbocycles. The quantitative estimate of drug-likeness (QED) is 0.553. The van der Waals surface area contributed by atoms with Crippen molar-refractivity contribution in [3.05, 3.63) is 70.8 Å². The predicted molar refractivity (Wildman–Crippen MR) is 92.6 cm³/mol. The van der Waals surface area contributed by atoms with Crippen LogP contribution in [-0.4, -0.2) is 0 Å². The zero-order valence-electron chi connectivity index (χ0n) is 13.5. The van der Waals surface area contributed by atoms with E-state index < -0.39 is 0 Å². The van der Waals surface area contributed by atoms with Crippen LogP contribution >= 0.6 is 0 Å². The lowest BCUT2D eigenvalue weighted by Gasteiger charge is -2.05. The summed E-state index contributed by atoms with van der Waals surface area (Å²) >= 11 is 0. The first-order chi connectivity index (χ1) is 9.49. The normalized spacial score (nSPS) is 12.8. The molecule has 0 atom stereocenters. The second-order valence-electron chi connectivity index (χ2n) is 5.47. The Kier molecular flexibility index (Phi) is 6.24. The van der Waals surface area contributed by atoms with Gasteiger partial charge in [0.1, 0.15) is 0 Å². The van der Waals surface area contributed by atoms with Crippen LogP contribution in [0, 0.1) is 0 Å². The minimum absolute atomic E-state index is 1.20. The van der Waals surface area contributed by atoms with Crippen molar-refractivity contribution in [1.82, 2.24) is 0 Å². The Bertz CT molecular complexity index is 561. The monoisotopic (exact) mass is 266 g/mol. The fourth-order valence-corrected chi connectivity index (χ4v) is 1.80. The fourth-order valence-electron chi connectivity index (χ4n) is 1.80. The molecule has 0 nitrogen and oxygen atoms in total. The zero-order chi connectivity index (χ0) is 15.1. The van der Waals surface area contributed by atoms with Gasteiger partial charge in [-0.05, 0) is 69.4 Å². The molecule has 0 saturated carbocycles. The van der Waals surface area contributed by atoms with Gasteiger partial charge >= 0.3 is 0 Å². The van der Waals surface area contributed by atoms with Crippen molar-refractivity contribution < 1.29 is 0 Å². The van der Waals surface area contributed by atoms with Crippen molar-refractivity contribution in [2.24, 2.45) is 0 Å². The average molecular weight is 266 g/mol. The topological polar surface area (TPSA) is 0 Å². The van der Waals surface area contributed by atoms with Crippen LogP contribution in [0.4, 0.5) is 0 Å². The Hall–Kier alpha value is -1.82. The number of rotatable bonds is 3. The maximum Gasteiger partial charge on any atom is -0.00644 e. The lowest BCUT2D eigenvalue weighted by Crippen LogP contribution is -1.83. The Balaban J connectivity index is 0.000000612. The summed E-state index contributed by atoms with van der Waals surface area (Å²) in [6.45, 7) is 14.0. The molecule has 0 heteroatoms. The van der Waals surface area contributed by atoms with E-state index in [0.717, 1.165) is 0 Å². The first-order valence-corrected chi connectivity index (χ1v) is 7.17. The van der Waals surface area contributed by atoms with Gasteiger partial charge in [-0.1, -0.05) is 47.6 Å². The maximum atomic E-state index is 3.36. The minimum atomic E-state index is 1.20. The standard InChI is InChI=1S/C17H20.C3H6/c1-12(2)14(4)17-7-5-6-15(11-17)8-9-16-10-13(16)3;1-3-2/h5-9,11H,10H2,1-4H3;3H,1H2,2H3/b9-8-;. The summed E-state index contributed by atoms with van der Waals surface area (Å²) in [7, 11) is 0. The molecule has 1 aliphatic rings. The van der Waals surface area contributed by atoms with Crippen molar-refractivity contribution in [1.29, 1.82) is 0 Å². The van der Waals surface area contributed by atoms with Gasteiger partial charge in [0.2, 0.25) is 0 Å². The van der Waals surface area contributed by atoms with Gasteiger partial charge < -0.3 is 0 Å². The summed E-state index contributed by atoms with van der Waals surface area (Å²) in [4.78, 5) is 0. The number of hydrogen-bond acceptors (Lipinski definition) is 0. The van der Waals surface area contributed by atoms with E-state index >= 15 is 0 Å². The van der Waals surface area contributed by atoms with Gasteiger partial charge in [-0.15, -0.1) is 6.58 Å². The summed E-state index contributed by atoms with van der Waals surface area (Å²) in [6, 6.07) is 8.74. The maximum absolute atomic E-state index is 3.36. The summed E-state index contributed by atoms with van der Waals surface area (Å²) in [5, 5.41) is 0. The summed E-state index contributed by atoms with van der Waals surface area (Å²) in [5.41, 5.74) is 8.39. The molecule has 0 bridgehead atoms. The van der Waals surface area contributed by atoms with Crippen LogP contribution in [0.15, 0.2) is 59.7 Å². The molecular formula is C20H26. The molecule has 0 N–H and O–H groups in total. The fraction of sp³-hybridized carbons (Fsp3) is 0.300. The van der Waals surface area contributed by atoms with E-state index in [9.17, 15) is 0 Å². The van der Waals surface area contributed by atoms with Crippen molar-refractivity contribution in [3.63, 3.8) is 0 Å². The third-order valence-corrected chi connectivity index (χ3v) is 3.43.